The fourth-order valence-electron chi connectivity index (χ4n) is 1.91. The highest BCUT2D eigenvalue weighted by Gasteiger charge is 2.18. The average Bonchev–Trinajstić information content (AvgIpc) is 2.52. The number of hydrogen-bond acceptors (Lipinski definition) is 4. The molecule has 0 radical (unpaired) electrons. The summed E-state index contributed by atoms with van der Waals surface area (Å²) in [6.45, 7) is 0. The number of carboxylic acids is 1. The van der Waals surface area contributed by atoms with Crippen LogP contribution in [0.5, 0.6) is 17.2 Å². The van der Waals surface area contributed by atoms with Crippen LogP contribution in [0, 0.1) is 0 Å². The van der Waals surface area contributed by atoms with E-state index in [1.54, 1.807) is 24.3 Å². The zero-order valence-electron chi connectivity index (χ0n) is 12.0. The first-order valence-electron chi connectivity index (χ1n) is 7.02. The number of ether oxygens (including phenoxy) is 2. The summed E-state index contributed by atoms with van der Waals surface area (Å²) in [6, 6.07) is 16.3. The Bertz CT molecular complexity index is 601. The van der Waals surface area contributed by atoms with E-state index in [1.807, 2.05) is 30.3 Å². The van der Waals surface area contributed by atoms with Gasteiger partial charge < -0.3 is 14.6 Å². The van der Waals surface area contributed by atoms with Gasteiger partial charge in [-0.05, 0) is 42.9 Å². The second kappa shape index (κ2) is 8.34. The van der Waals surface area contributed by atoms with E-state index >= 15 is 0 Å². The summed E-state index contributed by atoms with van der Waals surface area (Å²) >= 11 is 4.09. The smallest absolute Gasteiger partial charge is 0.344 e. The van der Waals surface area contributed by atoms with Crippen molar-refractivity contribution >= 4 is 18.6 Å². The molecule has 1 atom stereocenters. The normalized spacial score (nSPS) is 11.7. The van der Waals surface area contributed by atoms with Crippen LogP contribution in [0.25, 0.3) is 0 Å². The molecule has 0 aliphatic carbocycles. The van der Waals surface area contributed by atoms with Gasteiger partial charge in [0.05, 0.1) is 0 Å². The molecule has 0 aliphatic rings. The molecule has 5 heteroatoms. The molecular weight excluding hydrogens is 300 g/mol. The molecule has 0 amide bonds. The lowest BCUT2D eigenvalue weighted by molar-refractivity contribution is -0.145. The highest BCUT2D eigenvalue weighted by atomic mass is 32.1. The van der Waals surface area contributed by atoms with E-state index in [0.717, 1.165) is 0 Å². The lowest BCUT2D eigenvalue weighted by Gasteiger charge is -2.15. The quantitative estimate of drug-likeness (QED) is 0.722. The Morgan fingerprint density at radius 1 is 1.05 bits per heavy atom. The number of benzene rings is 2. The van der Waals surface area contributed by atoms with Gasteiger partial charge >= 0.3 is 5.97 Å². The number of thiol groups is 1. The molecule has 0 aliphatic heterocycles. The van der Waals surface area contributed by atoms with Gasteiger partial charge in [-0.1, -0.05) is 24.3 Å². The zero-order chi connectivity index (χ0) is 15.8. The summed E-state index contributed by atoms with van der Waals surface area (Å²) in [5.74, 6) is 1.44. The minimum Gasteiger partial charge on any atom is -0.479 e. The highest BCUT2D eigenvalue weighted by Crippen LogP contribution is 2.26. The van der Waals surface area contributed by atoms with Crippen LogP contribution in [-0.2, 0) is 4.79 Å². The minimum absolute atomic E-state index is 0.419. The third kappa shape index (κ3) is 5.00. The van der Waals surface area contributed by atoms with Gasteiger partial charge in [0, 0.05) is 6.07 Å². The third-order valence-electron chi connectivity index (χ3n) is 2.96. The van der Waals surface area contributed by atoms with Crippen LogP contribution in [0.3, 0.4) is 0 Å². The van der Waals surface area contributed by atoms with E-state index < -0.39 is 12.1 Å². The van der Waals surface area contributed by atoms with Crippen LogP contribution in [-0.4, -0.2) is 22.9 Å². The van der Waals surface area contributed by atoms with Crippen molar-refractivity contribution in [3.05, 3.63) is 54.6 Å². The van der Waals surface area contributed by atoms with Gasteiger partial charge in [0.15, 0.2) is 6.10 Å². The second-order valence-corrected chi connectivity index (χ2v) is 5.15. The van der Waals surface area contributed by atoms with Crippen molar-refractivity contribution in [3.8, 4) is 17.2 Å². The van der Waals surface area contributed by atoms with Gasteiger partial charge in [0.2, 0.25) is 0 Å². The van der Waals surface area contributed by atoms with Gasteiger partial charge in [-0.15, -0.1) is 0 Å². The zero-order valence-corrected chi connectivity index (χ0v) is 12.9. The topological polar surface area (TPSA) is 55.8 Å². The monoisotopic (exact) mass is 318 g/mol. The highest BCUT2D eigenvalue weighted by molar-refractivity contribution is 7.80. The molecule has 1 unspecified atom stereocenters. The largest absolute Gasteiger partial charge is 0.479 e. The first-order chi connectivity index (χ1) is 10.7. The van der Waals surface area contributed by atoms with Gasteiger partial charge in [-0.25, -0.2) is 4.79 Å². The number of rotatable bonds is 8. The van der Waals surface area contributed by atoms with Crippen molar-refractivity contribution in [2.24, 2.45) is 0 Å². The van der Waals surface area contributed by atoms with E-state index in [0.29, 0.717) is 35.8 Å². The standard InChI is InChI=1S/C17H18O4S/c18-17(19)16(10-5-11-22)21-15-9-4-8-14(12-15)20-13-6-2-1-3-7-13/h1-4,6-9,12,16,22H,5,10-11H2,(H,18,19). The maximum atomic E-state index is 11.2. The van der Waals surface area contributed by atoms with Crippen LogP contribution in [0.2, 0.25) is 0 Å². The van der Waals surface area contributed by atoms with Crippen molar-refractivity contribution in [1.29, 1.82) is 0 Å². The number of para-hydroxylation sites is 1. The van der Waals surface area contributed by atoms with Crippen LogP contribution < -0.4 is 9.47 Å². The Balaban J connectivity index is 2.05. The molecular formula is C17H18O4S. The van der Waals surface area contributed by atoms with E-state index in [9.17, 15) is 9.90 Å². The van der Waals surface area contributed by atoms with Crippen molar-refractivity contribution in [2.45, 2.75) is 18.9 Å². The van der Waals surface area contributed by atoms with Crippen LogP contribution in [0.15, 0.2) is 54.6 Å². The molecule has 2 aromatic rings. The van der Waals surface area contributed by atoms with Gasteiger partial charge in [0.1, 0.15) is 17.2 Å². The molecule has 1 N–H and O–H groups in total. The lowest BCUT2D eigenvalue weighted by Crippen LogP contribution is -2.27. The summed E-state index contributed by atoms with van der Waals surface area (Å²) in [4.78, 5) is 11.2. The summed E-state index contributed by atoms with van der Waals surface area (Å²) in [5.41, 5.74) is 0. The van der Waals surface area contributed by atoms with Crippen LogP contribution in [0.4, 0.5) is 0 Å². The predicted octanol–water partition coefficient (Wildman–Crippen LogP) is 4.02. The number of aliphatic carboxylic acids is 1. The van der Waals surface area contributed by atoms with Crippen LogP contribution in [0.1, 0.15) is 12.8 Å². The van der Waals surface area contributed by atoms with Gasteiger partial charge in [-0.3, -0.25) is 0 Å². The first kappa shape index (κ1) is 16.2. The number of hydrogen-bond donors (Lipinski definition) is 2. The molecule has 2 aromatic carbocycles. The second-order valence-electron chi connectivity index (χ2n) is 4.70. The molecule has 0 aromatic heterocycles. The van der Waals surface area contributed by atoms with Crippen molar-refractivity contribution in [2.75, 3.05) is 5.75 Å². The maximum Gasteiger partial charge on any atom is 0.344 e. The molecule has 0 fully saturated rings. The molecule has 22 heavy (non-hydrogen) atoms. The average molecular weight is 318 g/mol. The van der Waals surface area contributed by atoms with E-state index in [4.69, 9.17) is 9.47 Å². The Morgan fingerprint density at radius 3 is 2.41 bits per heavy atom. The molecule has 4 nitrogen and oxygen atoms in total. The molecule has 0 bridgehead atoms. The summed E-state index contributed by atoms with van der Waals surface area (Å²) < 4.78 is 11.2. The molecule has 116 valence electrons. The van der Waals surface area contributed by atoms with E-state index in [1.165, 1.54) is 0 Å². The molecule has 0 heterocycles. The molecule has 2 rings (SSSR count). The summed E-state index contributed by atoms with van der Waals surface area (Å²) in [6.07, 6.45) is 0.224. The van der Waals surface area contributed by atoms with Gasteiger partial charge in [-0.2, -0.15) is 12.6 Å². The molecule has 0 saturated carbocycles. The van der Waals surface area contributed by atoms with Crippen molar-refractivity contribution in [3.63, 3.8) is 0 Å². The summed E-state index contributed by atoms with van der Waals surface area (Å²) in [5, 5.41) is 9.18. The van der Waals surface area contributed by atoms with Crippen LogP contribution >= 0.6 is 12.6 Å². The fraction of sp³-hybridized carbons (Fsp3) is 0.235. The fourth-order valence-corrected chi connectivity index (χ4v) is 2.09. The Hall–Kier alpha value is -2.14. The van der Waals surface area contributed by atoms with Gasteiger partial charge in [0.25, 0.3) is 0 Å². The Labute approximate surface area is 135 Å². The molecule has 0 spiro atoms. The predicted molar refractivity (Wildman–Crippen MR) is 88.1 cm³/mol. The maximum absolute atomic E-state index is 11.2. The minimum atomic E-state index is -0.976. The Morgan fingerprint density at radius 2 is 1.73 bits per heavy atom. The van der Waals surface area contributed by atoms with Crippen molar-refractivity contribution in [1.82, 2.24) is 0 Å². The first-order valence-corrected chi connectivity index (χ1v) is 7.65. The number of carboxylic acid groups (broad SMARTS) is 1. The molecule has 0 saturated heterocycles. The SMILES string of the molecule is O=C(O)C(CCCS)Oc1cccc(Oc2ccccc2)c1. The van der Waals surface area contributed by atoms with Crippen molar-refractivity contribution < 1.29 is 19.4 Å². The summed E-state index contributed by atoms with van der Waals surface area (Å²) in [7, 11) is 0. The number of carbonyl (C=O) groups is 1. The van der Waals surface area contributed by atoms with E-state index in [2.05, 4.69) is 12.6 Å². The van der Waals surface area contributed by atoms with E-state index in [-0.39, 0.29) is 0 Å². The Kier molecular flexibility index (Phi) is 6.15. The lowest BCUT2D eigenvalue weighted by atomic mass is 10.2. The third-order valence-corrected chi connectivity index (χ3v) is 3.28.